The minimum Gasteiger partial charge on any atom is -0.469 e. The van der Waals surface area contributed by atoms with Crippen molar-refractivity contribution in [3.05, 3.63) is 22.5 Å². The molecule has 5 nitrogen and oxygen atoms in total. The second-order valence-electron chi connectivity index (χ2n) is 7.53. The van der Waals surface area contributed by atoms with Crippen LogP contribution in [0.4, 0.5) is 10.1 Å². The molecule has 1 aliphatic rings. The standard InChI is InChI=1S/C18H26BClFNO4/c1-17(2)18(3,4)26-19(25-17)12-10-13(22)16(21)15(20)11(12)8-6-7-9-14(23)24-5/h10H,6-9,22H2,1-5H3. The highest BCUT2D eigenvalue weighted by Crippen LogP contribution is 2.37. The van der Waals surface area contributed by atoms with Crippen LogP contribution in [0.3, 0.4) is 0 Å². The number of halogens is 2. The molecule has 8 heteroatoms. The maximum Gasteiger partial charge on any atom is 0.495 e. The summed E-state index contributed by atoms with van der Waals surface area (Å²) in [4.78, 5) is 11.2. The summed E-state index contributed by atoms with van der Waals surface area (Å²) in [6, 6.07) is 1.53. The second-order valence-corrected chi connectivity index (χ2v) is 7.91. The number of nitrogens with two attached hydrogens (primary N) is 1. The van der Waals surface area contributed by atoms with E-state index < -0.39 is 24.1 Å². The molecule has 1 aliphatic heterocycles. The molecule has 0 spiro atoms. The van der Waals surface area contributed by atoms with E-state index in [1.165, 1.54) is 13.2 Å². The zero-order valence-electron chi connectivity index (χ0n) is 15.9. The molecular formula is C18H26BClFNO4. The molecule has 1 fully saturated rings. The van der Waals surface area contributed by atoms with Crippen molar-refractivity contribution in [3.8, 4) is 0 Å². The summed E-state index contributed by atoms with van der Waals surface area (Å²) in [6.07, 6.45) is 2.03. The van der Waals surface area contributed by atoms with Gasteiger partial charge >= 0.3 is 13.1 Å². The largest absolute Gasteiger partial charge is 0.495 e. The monoisotopic (exact) mass is 385 g/mol. The van der Waals surface area contributed by atoms with Gasteiger partial charge in [-0.15, -0.1) is 0 Å². The number of benzene rings is 1. The first kappa shape index (κ1) is 21.0. The van der Waals surface area contributed by atoms with Crippen molar-refractivity contribution < 1.29 is 23.2 Å². The summed E-state index contributed by atoms with van der Waals surface area (Å²) in [5.74, 6) is -0.916. The molecule has 0 amide bonds. The number of carbonyl (C=O) groups excluding carboxylic acids is 1. The van der Waals surface area contributed by atoms with Crippen molar-refractivity contribution in [2.24, 2.45) is 0 Å². The Hall–Kier alpha value is -1.31. The van der Waals surface area contributed by atoms with Crippen molar-refractivity contribution in [3.63, 3.8) is 0 Å². The van der Waals surface area contributed by atoms with Crippen LogP contribution in [0.1, 0.15) is 52.5 Å². The van der Waals surface area contributed by atoms with E-state index in [2.05, 4.69) is 4.74 Å². The molecule has 0 unspecified atom stereocenters. The first-order valence-corrected chi connectivity index (χ1v) is 9.06. The molecule has 0 radical (unpaired) electrons. The molecule has 1 saturated heterocycles. The van der Waals surface area contributed by atoms with E-state index in [1.807, 2.05) is 27.7 Å². The number of ether oxygens (including phenoxy) is 1. The molecular weight excluding hydrogens is 359 g/mol. The lowest BCUT2D eigenvalue weighted by Gasteiger charge is -2.32. The lowest BCUT2D eigenvalue weighted by Crippen LogP contribution is -2.41. The van der Waals surface area contributed by atoms with Gasteiger partial charge in [0.1, 0.15) is 0 Å². The van der Waals surface area contributed by atoms with Crippen molar-refractivity contribution in [1.29, 1.82) is 0 Å². The summed E-state index contributed by atoms with van der Waals surface area (Å²) < 4.78 is 31.0. The van der Waals surface area contributed by atoms with Crippen LogP contribution < -0.4 is 11.2 Å². The number of unbranched alkanes of at least 4 members (excludes halogenated alkanes) is 1. The first-order chi connectivity index (χ1) is 12.0. The molecule has 1 aromatic rings. The van der Waals surface area contributed by atoms with Gasteiger partial charge in [-0.1, -0.05) is 11.6 Å². The van der Waals surface area contributed by atoms with Gasteiger partial charge in [0.15, 0.2) is 5.82 Å². The van der Waals surface area contributed by atoms with Crippen LogP contribution in [0.2, 0.25) is 5.02 Å². The number of methoxy groups -OCH3 is 1. The van der Waals surface area contributed by atoms with E-state index in [1.54, 1.807) is 0 Å². The summed E-state index contributed by atoms with van der Waals surface area (Å²) >= 11 is 6.24. The quantitative estimate of drug-likeness (QED) is 0.352. The number of rotatable bonds is 6. The number of nitrogen functional groups attached to an aromatic ring is 1. The van der Waals surface area contributed by atoms with Crippen LogP contribution in [0.5, 0.6) is 0 Å². The smallest absolute Gasteiger partial charge is 0.469 e. The van der Waals surface area contributed by atoms with Gasteiger partial charge in [-0.25, -0.2) is 4.39 Å². The Kier molecular flexibility index (Phi) is 6.26. The van der Waals surface area contributed by atoms with Crippen LogP contribution in [0, 0.1) is 5.82 Å². The van der Waals surface area contributed by atoms with Crippen LogP contribution in [0.25, 0.3) is 0 Å². The number of hydrogen-bond donors (Lipinski definition) is 1. The van der Waals surface area contributed by atoms with Gasteiger partial charge in [-0.2, -0.15) is 0 Å². The molecule has 144 valence electrons. The molecule has 0 aromatic heterocycles. The van der Waals surface area contributed by atoms with Gasteiger partial charge in [-0.3, -0.25) is 4.79 Å². The number of hydrogen-bond acceptors (Lipinski definition) is 5. The Labute approximate surface area is 159 Å². The number of carbonyl (C=O) groups is 1. The molecule has 2 rings (SSSR count). The van der Waals surface area contributed by atoms with Gasteiger partial charge in [0.25, 0.3) is 0 Å². The third kappa shape index (κ3) is 4.16. The lowest BCUT2D eigenvalue weighted by molar-refractivity contribution is -0.140. The normalized spacial score (nSPS) is 18.2. The molecule has 0 bridgehead atoms. The second kappa shape index (κ2) is 7.75. The third-order valence-electron chi connectivity index (χ3n) is 5.16. The zero-order valence-corrected chi connectivity index (χ0v) is 16.7. The topological polar surface area (TPSA) is 70.8 Å². The first-order valence-electron chi connectivity index (χ1n) is 8.69. The third-order valence-corrected chi connectivity index (χ3v) is 5.56. The van der Waals surface area contributed by atoms with Gasteiger partial charge in [-0.05, 0) is 64.1 Å². The maximum atomic E-state index is 14.2. The van der Waals surface area contributed by atoms with Gasteiger partial charge < -0.3 is 19.8 Å². The minimum atomic E-state index is -0.684. The van der Waals surface area contributed by atoms with E-state index in [0.29, 0.717) is 36.7 Å². The van der Waals surface area contributed by atoms with Crippen LogP contribution >= 0.6 is 11.6 Å². The highest BCUT2D eigenvalue weighted by molar-refractivity contribution is 6.63. The highest BCUT2D eigenvalue weighted by atomic mass is 35.5. The summed E-state index contributed by atoms with van der Waals surface area (Å²) in [5, 5.41) is -0.0206. The molecule has 0 atom stereocenters. The molecule has 0 saturated carbocycles. The predicted molar refractivity (Wildman–Crippen MR) is 101 cm³/mol. The van der Waals surface area contributed by atoms with Crippen LogP contribution in [-0.4, -0.2) is 31.4 Å². The van der Waals surface area contributed by atoms with Gasteiger partial charge in [0, 0.05) is 6.42 Å². The molecule has 2 N–H and O–H groups in total. The molecule has 1 heterocycles. The SMILES string of the molecule is COC(=O)CCCCc1c(B2OC(C)(C)C(C)(C)O2)cc(N)c(F)c1Cl. The maximum absolute atomic E-state index is 14.2. The van der Waals surface area contributed by atoms with Crippen LogP contribution in [-0.2, 0) is 25.3 Å². The fraction of sp³-hybridized carbons (Fsp3) is 0.611. The van der Waals surface area contributed by atoms with Crippen LogP contribution in [0.15, 0.2) is 6.07 Å². The van der Waals surface area contributed by atoms with Gasteiger partial charge in [0.05, 0.1) is 29.0 Å². The Bertz CT molecular complexity index is 680. The fourth-order valence-electron chi connectivity index (χ4n) is 2.81. The van der Waals surface area contributed by atoms with Crippen molar-refractivity contribution in [2.45, 2.75) is 64.6 Å². The number of anilines is 1. The van der Waals surface area contributed by atoms with Gasteiger partial charge in [0.2, 0.25) is 0 Å². The van der Waals surface area contributed by atoms with Crippen molar-refractivity contribution >= 4 is 35.8 Å². The summed E-state index contributed by atoms with van der Waals surface area (Å²) in [7, 11) is 0.668. The molecule has 0 aliphatic carbocycles. The Morgan fingerprint density at radius 1 is 1.27 bits per heavy atom. The zero-order chi connectivity index (χ0) is 19.7. The van der Waals surface area contributed by atoms with E-state index in [0.717, 1.165) is 0 Å². The minimum absolute atomic E-state index is 0.0206. The predicted octanol–water partition coefficient (Wildman–Crippen LogP) is 3.25. The lowest BCUT2D eigenvalue weighted by atomic mass is 9.74. The molecule has 1 aromatic carbocycles. The van der Waals surface area contributed by atoms with Crippen molar-refractivity contribution in [2.75, 3.05) is 12.8 Å². The highest BCUT2D eigenvalue weighted by Gasteiger charge is 2.52. The van der Waals surface area contributed by atoms with Crippen molar-refractivity contribution in [1.82, 2.24) is 0 Å². The van der Waals surface area contributed by atoms with E-state index in [-0.39, 0.29) is 16.7 Å². The number of esters is 1. The Morgan fingerprint density at radius 3 is 2.38 bits per heavy atom. The fourth-order valence-corrected chi connectivity index (χ4v) is 3.12. The Morgan fingerprint density at radius 2 is 1.85 bits per heavy atom. The average Bonchev–Trinajstić information content (AvgIpc) is 2.78. The Balaban J connectivity index is 2.27. The molecule has 26 heavy (non-hydrogen) atoms. The average molecular weight is 386 g/mol. The summed E-state index contributed by atoms with van der Waals surface area (Å²) in [5.41, 5.74) is 5.89. The van der Waals surface area contributed by atoms with E-state index in [4.69, 9.17) is 26.6 Å². The van der Waals surface area contributed by atoms with E-state index >= 15 is 0 Å². The van der Waals surface area contributed by atoms with E-state index in [9.17, 15) is 9.18 Å². The summed E-state index contributed by atoms with van der Waals surface area (Å²) in [6.45, 7) is 7.77.